The SMILES string of the molecule is CC1(C)c2ccccc2-c2cc(-c3cccc(-c4cc(-c5ccc6oc7ccccc7c6c5)cc(-c5cc(-c6ccccc6)nc(-c6ccccc6)n5)c4)c3)ccc21. The molecule has 1 aliphatic carbocycles. The van der Waals surface area contributed by atoms with Crippen LogP contribution in [0.4, 0.5) is 0 Å². The Balaban J connectivity index is 1.09. The lowest BCUT2D eigenvalue weighted by Crippen LogP contribution is -2.14. The van der Waals surface area contributed by atoms with Crippen molar-refractivity contribution in [1.82, 2.24) is 9.97 Å². The van der Waals surface area contributed by atoms with E-state index in [0.717, 1.165) is 72.3 Å². The largest absolute Gasteiger partial charge is 0.456 e. The summed E-state index contributed by atoms with van der Waals surface area (Å²) in [5, 5.41) is 2.21. The smallest absolute Gasteiger partial charge is 0.160 e. The van der Waals surface area contributed by atoms with Crippen molar-refractivity contribution < 1.29 is 4.42 Å². The van der Waals surface area contributed by atoms with Gasteiger partial charge in [-0.2, -0.15) is 0 Å². The molecule has 8 aromatic carbocycles. The predicted molar refractivity (Wildman–Crippen MR) is 239 cm³/mol. The molecule has 0 spiro atoms. The second-order valence-corrected chi connectivity index (χ2v) is 15.8. The summed E-state index contributed by atoms with van der Waals surface area (Å²) < 4.78 is 6.24. The predicted octanol–water partition coefficient (Wildman–Crippen LogP) is 14.7. The molecule has 2 aromatic heterocycles. The van der Waals surface area contributed by atoms with E-state index in [-0.39, 0.29) is 5.41 Å². The molecule has 10 aromatic rings. The lowest BCUT2D eigenvalue weighted by molar-refractivity contribution is 0.660. The van der Waals surface area contributed by atoms with Crippen LogP contribution in [0.1, 0.15) is 25.0 Å². The van der Waals surface area contributed by atoms with Gasteiger partial charge in [-0.15, -0.1) is 0 Å². The molecular formula is C55H38N2O. The fraction of sp³-hybridized carbons (Fsp3) is 0.0545. The molecule has 0 unspecified atom stereocenters. The third-order valence-electron chi connectivity index (χ3n) is 11.9. The van der Waals surface area contributed by atoms with Crippen LogP contribution in [0, 0.1) is 0 Å². The highest BCUT2D eigenvalue weighted by atomic mass is 16.3. The van der Waals surface area contributed by atoms with Crippen molar-refractivity contribution in [2.45, 2.75) is 19.3 Å². The van der Waals surface area contributed by atoms with Gasteiger partial charge in [0.2, 0.25) is 0 Å². The lowest BCUT2D eigenvalue weighted by atomic mass is 9.82. The Bertz CT molecular complexity index is 3140. The number of nitrogens with zero attached hydrogens (tertiary/aromatic N) is 2. The molecule has 0 aliphatic heterocycles. The maximum atomic E-state index is 6.24. The summed E-state index contributed by atoms with van der Waals surface area (Å²) in [7, 11) is 0. The van der Waals surface area contributed by atoms with Gasteiger partial charge in [0.15, 0.2) is 5.82 Å². The molecular weight excluding hydrogens is 705 g/mol. The quantitative estimate of drug-likeness (QED) is 0.170. The molecule has 0 atom stereocenters. The zero-order chi connectivity index (χ0) is 38.8. The first-order chi connectivity index (χ1) is 28.5. The zero-order valence-corrected chi connectivity index (χ0v) is 32.3. The van der Waals surface area contributed by atoms with Gasteiger partial charge in [-0.25, -0.2) is 9.97 Å². The highest BCUT2D eigenvalue weighted by Crippen LogP contribution is 2.49. The van der Waals surface area contributed by atoms with Crippen LogP contribution >= 0.6 is 0 Å². The monoisotopic (exact) mass is 742 g/mol. The van der Waals surface area contributed by atoms with E-state index in [0.29, 0.717) is 5.82 Å². The second kappa shape index (κ2) is 13.4. The number of furan rings is 1. The highest BCUT2D eigenvalue weighted by molar-refractivity contribution is 6.06. The minimum atomic E-state index is -0.0311. The minimum absolute atomic E-state index is 0.0311. The van der Waals surface area contributed by atoms with Gasteiger partial charge in [-0.3, -0.25) is 0 Å². The van der Waals surface area contributed by atoms with Gasteiger partial charge in [0.25, 0.3) is 0 Å². The summed E-state index contributed by atoms with van der Waals surface area (Å²) in [6, 6.07) is 69.2. The molecule has 11 rings (SSSR count). The molecule has 0 saturated heterocycles. The van der Waals surface area contributed by atoms with Gasteiger partial charge < -0.3 is 4.42 Å². The van der Waals surface area contributed by atoms with Crippen molar-refractivity contribution in [3.8, 4) is 78.4 Å². The van der Waals surface area contributed by atoms with Gasteiger partial charge in [0.05, 0.1) is 11.4 Å². The number of hydrogen-bond donors (Lipinski definition) is 0. The minimum Gasteiger partial charge on any atom is -0.456 e. The van der Waals surface area contributed by atoms with Crippen LogP contribution in [0.2, 0.25) is 0 Å². The van der Waals surface area contributed by atoms with Gasteiger partial charge in [-0.05, 0) is 110 Å². The number of aromatic nitrogens is 2. The molecule has 3 heteroatoms. The van der Waals surface area contributed by atoms with Gasteiger partial charge in [0.1, 0.15) is 11.2 Å². The molecule has 0 fully saturated rings. The molecule has 58 heavy (non-hydrogen) atoms. The lowest BCUT2D eigenvalue weighted by Gasteiger charge is -2.21. The topological polar surface area (TPSA) is 38.9 Å². The van der Waals surface area contributed by atoms with Crippen molar-refractivity contribution in [2.75, 3.05) is 0 Å². The van der Waals surface area contributed by atoms with Crippen LogP contribution in [-0.4, -0.2) is 9.97 Å². The van der Waals surface area contributed by atoms with Crippen LogP contribution in [0.15, 0.2) is 199 Å². The highest BCUT2D eigenvalue weighted by Gasteiger charge is 2.35. The first-order valence-corrected chi connectivity index (χ1v) is 19.9. The summed E-state index contributed by atoms with van der Waals surface area (Å²) >= 11 is 0. The number of benzene rings is 8. The standard InChI is InChI=1S/C55H38N2O/c1-55(2)48-22-11-9-20-44(48)46-32-39(24-26-49(46)55)37-18-13-19-38(28-37)41-29-42(40-25-27-53-47(33-40)45-21-10-12-23-52(45)58-53)31-43(30-41)51-34-50(35-14-5-3-6-15-35)56-54(57-51)36-16-7-4-8-17-36/h3-34H,1-2H3. The summed E-state index contributed by atoms with van der Waals surface area (Å²) in [6.07, 6.45) is 0. The summed E-state index contributed by atoms with van der Waals surface area (Å²) in [4.78, 5) is 10.3. The summed E-state index contributed by atoms with van der Waals surface area (Å²) in [6.45, 7) is 4.66. The van der Waals surface area contributed by atoms with Gasteiger partial charge >= 0.3 is 0 Å². The molecule has 3 nitrogen and oxygen atoms in total. The average Bonchev–Trinajstić information content (AvgIpc) is 3.77. The van der Waals surface area contributed by atoms with Crippen LogP contribution < -0.4 is 0 Å². The first-order valence-electron chi connectivity index (χ1n) is 19.9. The van der Waals surface area contributed by atoms with Crippen LogP contribution in [0.3, 0.4) is 0 Å². The number of para-hydroxylation sites is 1. The van der Waals surface area contributed by atoms with Crippen LogP contribution in [0.5, 0.6) is 0 Å². The molecule has 0 saturated carbocycles. The third kappa shape index (κ3) is 5.74. The van der Waals surface area contributed by atoms with Crippen molar-refractivity contribution in [3.63, 3.8) is 0 Å². The maximum absolute atomic E-state index is 6.24. The van der Waals surface area contributed by atoms with Crippen LogP contribution in [0.25, 0.3) is 100 Å². The van der Waals surface area contributed by atoms with E-state index in [1.807, 2.05) is 36.4 Å². The Morgan fingerprint density at radius 1 is 0.345 bits per heavy atom. The van der Waals surface area contributed by atoms with Crippen LogP contribution in [-0.2, 0) is 5.41 Å². The van der Waals surface area contributed by atoms with Gasteiger partial charge in [0, 0.05) is 32.9 Å². The molecule has 0 amide bonds. The van der Waals surface area contributed by atoms with Crippen molar-refractivity contribution in [1.29, 1.82) is 0 Å². The Kier molecular flexibility index (Phi) is 7.84. The Morgan fingerprint density at radius 3 is 1.67 bits per heavy atom. The number of hydrogen-bond acceptors (Lipinski definition) is 3. The Labute approximate surface area is 338 Å². The van der Waals surface area contributed by atoms with Crippen molar-refractivity contribution in [3.05, 3.63) is 205 Å². The van der Waals surface area contributed by atoms with E-state index in [9.17, 15) is 0 Å². The van der Waals surface area contributed by atoms with Crippen molar-refractivity contribution in [2.24, 2.45) is 0 Å². The van der Waals surface area contributed by atoms with E-state index in [4.69, 9.17) is 14.4 Å². The Morgan fingerprint density at radius 2 is 0.879 bits per heavy atom. The number of rotatable bonds is 6. The normalized spacial score (nSPS) is 12.8. The van der Waals surface area contributed by atoms with E-state index in [1.54, 1.807) is 0 Å². The molecule has 0 bridgehead atoms. The van der Waals surface area contributed by atoms with Gasteiger partial charge in [-0.1, -0.05) is 153 Å². The molecule has 0 radical (unpaired) electrons. The molecule has 274 valence electrons. The fourth-order valence-electron chi connectivity index (χ4n) is 8.86. The van der Waals surface area contributed by atoms with E-state index in [2.05, 4.69) is 172 Å². The van der Waals surface area contributed by atoms with E-state index >= 15 is 0 Å². The third-order valence-corrected chi connectivity index (χ3v) is 11.9. The average molecular weight is 743 g/mol. The first kappa shape index (κ1) is 33.9. The van der Waals surface area contributed by atoms with E-state index < -0.39 is 0 Å². The van der Waals surface area contributed by atoms with E-state index in [1.165, 1.54) is 33.4 Å². The Hall–Kier alpha value is -7.36. The van der Waals surface area contributed by atoms with Crippen molar-refractivity contribution >= 4 is 21.9 Å². The molecule has 1 aliphatic rings. The summed E-state index contributed by atoms with van der Waals surface area (Å²) in [5.41, 5.74) is 18.8. The molecule has 2 heterocycles. The fourth-order valence-corrected chi connectivity index (χ4v) is 8.86. The second-order valence-electron chi connectivity index (χ2n) is 15.8. The number of fused-ring (bicyclic) bond motifs is 6. The maximum Gasteiger partial charge on any atom is 0.160 e. The summed E-state index contributed by atoms with van der Waals surface area (Å²) in [5.74, 6) is 0.693. The zero-order valence-electron chi connectivity index (χ0n) is 32.3. The molecule has 0 N–H and O–H groups in total.